The zero-order chi connectivity index (χ0) is 18.8. The monoisotopic (exact) mass is 494 g/mol. The van der Waals surface area contributed by atoms with Gasteiger partial charge in [0.2, 0.25) is 0 Å². The molecule has 1 aromatic carbocycles. The molecule has 0 spiro atoms. The van der Waals surface area contributed by atoms with Gasteiger partial charge in [-0.3, -0.25) is 4.99 Å². The van der Waals surface area contributed by atoms with Crippen molar-refractivity contribution in [1.29, 1.82) is 0 Å². The third kappa shape index (κ3) is 7.65. The quantitative estimate of drug-likeness (QED) is 0.242. The van der Waals surface area contributed by atoms with Gasteiger partial charge in [0.15, 0.2) is 17.6 Å². The molecule has 0 saturated heterocycles. The summed E-state index contributed by atoms with van der Waals surface area (Å²) in [6, 6.07) is 3.46. The maximum absolute atomic E-state index is 13.1. The fourth-order valence-corrected chi connectivity index (χ4v) is 2.26. The number of guanidine groups is 1. The number of ether oxygens (including phenoxy) is 1. The Morgan fingerprint density at radius 2 is 2.04 bits per heavy atom. The molecule has 0 bridgehead atoms. The van der Waals surface area contributed by atoms with Crippen molar-refractivity contribution in [3.8, 4) is 5.75 Å². The summed E-state index contributed by atoms with van der Waals surface area (Å²) in [6.07, 6.45) is 2.52. The number of rotatable bonds is 9. The van der Waals surface area contributed by atoms with E-state index in [1.54, 1.807) is 6.33 Å². The number of nitrogens with one attached hydrogen (secondary N) is 2. The van der Waals surface area contributed by atoms with Crippen molar-refractivity contribution >= 4 is 29.9 Å². The summed E-state index contributed by atoms with van der Waals surface area (Å²) < 4.78 is 33.3. The third-order valence-corrected chi connectivity index (χ3v) is 3.52. The minimum atomic E-state index is -0.925. The highest BCUT2D eigenvalue weighted by Gasteiger charge is 2.04. The first-order chi connectivity index (χ1) is 12.6. The molecule has 2 N–H and O–H groups in total. The molecule has 0 unspecified atom stereocenters. The Hall–Kier alpha value is -1.98. The molecule has 1 aromatic heterocycles. The Balaban J connectivity index is 0.00000364. The number of halogens is 3. The topological polar surface area (TPSA) is 76.4 Å². The van der Waals surface area contributed by atoms with Crippen LogP contribution in [0.2, 0.25) is 0 Å². The Labute approximate surface area is 174 Å². The van der Waals surface area contributed by atoms with Crippen LogP contribution in [0, 0.1) is 11.6 Å². The molecule has 7 nitrogen and oxygen atoms in total. The fraction of sp³-hybridized carbons (Fsp3) is 0.471. The summed E-state index contributed by atoms with van der Waals surface area (Å²) in [5.74, 6) is 0.0557. The number of hydrogen-bond acceptors (Lipinski definition) is 4. The van der Waals surface area contributed by atoms with Crippen molar-refractivity contribution in [2.45, 2.75) is 26.8 Å². The van der Waals surface area contributed by atoms with Crippen LogP contribution >= 0.6 is 24.0 Å². The zero-order valence-corrected chi connectivity index (χ0v) is 17.7. The second-order valence-corrected chi connectivity index (χ2v) is 5.41. The Morgan fingerprint density at radius 1 is 1.22 bits per heavy atom. The van der Waals surface area contributed by atoms with Gasteiger partial charge < -0.3 is 19.9 Å². The largest absolute Gasteiger partial charge is 0.492 e. The zero-order valence-electron chi connectivity index (χ0n) is 15.4. The van der Waals surface area contributed by atoms with Crippen LogP contribution in [0.5, 0.6) is 5.75 Å². The van der Waals surface area contributed by atoms with Crippen molar-refractivity contribution in [2.75, 3.05) is 26.2 Å². The summed E-state index contributed by atoms with van der Waals surface area (Å²) in [5, 5.41) is 14.2. The number of hydrogen-bond donors (Lipinski definition) is 2. The number of aryl methyl sites for hydroxylation is 1. The second-order valence-electron chi connectivity index (χ2n) is 5.41. The molecule has 0 aliphatic carbocycles. The minimum absolute atomic E-state index is 0. The van der Waals surface area contributed by atoms with Gasteiger partial charge in [0.05, 0.1) is 13.1 Å². The Kier molecular flexibility index (Phi) is 10.6. The van der Waals surface area contributed by atoms with Crippen LogP contribution in [0.15, 0.2) is 29.5 Å². The fourth-order valence-electron chi connectivity index (χ4n) is 2.26. The lowest BCUT2D eigenvalue weighted by Crippen LogP contribution is -2.39. The van der Waals surface area contributed by atoms with Crippen LogP contribution in [0.4, 0.5) is 8.78 Å². The summed E-state index contributed by atoms with van der Waals surface area (Å²) in [6.45, 7) is 6.76. The third-order valence-electron chi connectivity index (χ3n) is 3.52. The summed E-state index contributed by atoms with van der Waals surface area (Å²) in [4.78, 5) is 4.49. The molecule has 0 saturated carbocycles. The molecule has 0 radical (unpaired) electrons. The van der Waals surface area contributed by atoms with Crippen LogP contribution in [0.3, 0.4) is 0 Å². The Morgan fingerprint density at radius 3 is 2.74 bits per heavy atom. The van der Waals surface area contributed by atoms with Gasteiger partial charge >= 0.3 is 0 Å². The van der Waals surface area contributed by atoms with Gasteiger partial charge in [-0.05, 0) is 19.1 Å². The predicted octanol–water partition coefficient (Wildman–Crippen LogP) is 2.37. The first-order valence-electron chi connectivity index (χ1n) is 8.60. The van der Waals surface area contributed by atoms with E-state index in [0.29, 0.717) is 32.2 Å². The van der Waals surface area contributed by atoms with Crippen molar-refractivity contribution in [3.63, 3.8) is 0 Å². The highest BCUT2D eigenvalue weighted by atomic mass is 127. The second kappa shape index (κ2) is 12.4. The average molecular weight is 494 g/mol. The van der Waals surface area contributed by atoms with E-state index in [4.69, 9.17) is 4.74 Å². The summed E-state index contributed by atoms with van der Waals surface area (Å²) in [7, 11) is 0. The van der Waals surface area contributed by atoms with Gasteiger partial charge in [-0.2, -0.15) is 0 Å². The normalized spacial score (nSPS) is 11.0. The molecule has 150 valence electrons. The maximum atomic E-state index is 13.1. The van der Waals surface area contributed by atoms with Gasteiger partial charge in [0.25, 0.3) is 0 Å². The number of nitrogens with zero attached hydrogens (tertiary/aromatic N) is 4. The molecule has 0 aliphatic rings. The minimum Gasteiger partial charge on any atom is -0.492 e. The highest BCUT2D eigenvalue weighted by Crippen LogP contribution is 2.14. The number of benzene rings is 1. The highest BCUT2D eigenvalue weighted by molar-refractivity contribution is 14.0. The lowest BCUT2D eigenvalue weighted by atomic mass is 10.3. The van der Waals surface area contributed by atoms with E-state index >= 15 is 0 Å². The SMILES string of the molecule is CCNC(=NCCn1cnnc1CC)NCCOc1ccc(F)c(F)c1.I. The summed E-state index contributed by atoms with van der Waals surface area (Å²) >= 11 is 0. The van der Waals surface area contributed by atoms with E-state index in [-0.39, 0.29) is 29.7 Å². The maximum Gasteiger partial charge on any atom is 0.191 e. The van der Waals surface area contributed by atoms with Crippen LogP contribution in [0.25, 0.3) is 0 Å². The molecule has 0 fully saturated rings. The molecule has 0 aliphatic heterocycles. The predicted molar refractivity (Wildman–Crippen MR) is 111 cm³/mol. The average Bonchev–Trinajstić information content (AvgIpc) is 3.09. The van der Waals surface area contributed by atoms with Gasteiger partial charge in [-0.1, -0.05) is 6.92 Å². The van der Waals surface area contributed by atoms with Gasteiger partial charge in [0.1, 0.15) is 24.5 Å². The number of aromatic nitrogens is 3. The van der Waals surface area contributed by atoms with E-state index in [2.05, 4.69) is 25.8 Å². The van der Waals surface area contributed by atoms with Crippen molar-refractivity contribution < 1.29 is 13.5 Å². The van der Waals surface area contributed by atoms with Gasteiger partial charge in [-0.15, -0.1) is 34.2 Å². The molecular formula is C17H25F2IN6O. The van der Waals surface area contributed by atoms with Crippen molar-refractivity contribution in [3.05, 3.63) is 42.0 Å². The smallest absolute Gasteiger partial charge is 0.191 e. The molecular weight excluding hydrogens is 469 g/mol. The van der Waals surface area contributed by atoms with E-state index in [9.17, 15) is 8.78 Å². The van der Waals surface area contributed by atoms with Gasteiger partial charge in [0, 0.05) is 25.6 Å². The first kappa shape index (κ1) is 23.1. The number of aliphatic imine (C=N–C) groups is 1. The van der Waals surface area contributed by atoms with Crippen LogP contribution < -0.4 is 15.4 Å². The van der Waals surface area contributed by atoms with Crippen molar-refractivity contribution in [2.24, 2.45) is 4.99 Å². The van der Waals surface area contributed by atoms with Gasteiger partial charge in [-0.25, -0.2) is 8.78 Å². The van der Waals surface area contributed by atoms with Crippen molar-refractivity contribution in [1.82, 2.24) is 25.4 Å². The molecule has 2 rings (SSSR count). The summed E-state index contributed by atoms with van der Waals surface area (Å²) in [5.41, 5.74) is 0. The van der Waals surface area contributed by atoms with E-state index < -0.39 is 11.6 Å². The molecule has 0 atom stereocenters. The molecule has 1 heterocycles. The van der Waals surface area contributed by atoms with Crippen LogP contribution in [0.1, 0.15) is 19.7 Å². The van der Waals surface area contributed by atoms with Crippen LogP contribution in [-0.4, -0.2) is 47.0 Å². The van der Waals surface area contributed by atoms with E-state index in [0.717, 1.165) is 30.9 Å². The molecule has 0 amide bonds. The van der Waals surface area contributed by atoms with Crippen LogP contribution in [-0.2, 0) is 13.0 Å². The lowest BCUT2D eigenvalue weighted by Gasteiger charge is -2.12. The van der Waals surface area contributed by atoms with E-state index in [1.165, 1.54) is 6.07 Å². The van der Waals surface area contributed by atoms with E-state index in [1.807, 2.05) is 18.4 Å². The lowest BCUT2D eigenvalue weighted by molar-refractivity contribution is 0.318. The molecule has 2 aromatic rings. The first-order valence-corrected chi connectivity index (χ1v) is 8.60. The standard InChI is InChI=1S/C17H24F2N6O.HI/c1-3-16-24-23-12-25(16)9-7-21-17(20-4-2)22-8-10-26-13-5-6-14(18)15(19)11-13;/h5-6,11-12H,3-4,7-10H2,1-2H3,(H2,20,21,22);1H. The Bertz CT molecular complexity index is 725. The molecule has 27 heavy (non-hydrogen) atoms. The molecule has 10 heteroatoms.